The molecule has 1 aliphatic heterocycles. The van der Waals surface area contributed by atoms with Crippen LogP contribution in [0.25, 0.3) is 0 Å². The van der Waals surface area contributed by atoms with Crippen molar-refractivity contribution in [3.05, 3.63) is 28.2 Å². The van der Waals surface area contributed by atoms with Crippen LogP contribution in [0, 0.1) is 0 Å². The number of H-pyrrole nitrogens is 1. The molecule has 0 radical (unpaired) electrons. The van der Waals surface area contributed by atoms with Gasteiger partial charge in [-0.3, -0.25) is 9.89 Å². The number of carbonyl (C=O) groups excluding carboxylic acids is 1. The highest BCUT2D eigenvalue weighted by atomic mass is 32.2. The molecule has 1 saturated heterocycles. The summed E-state index contributed by atoms with van der Waals surface area (Å²) in [5.74, 6) is 1.47. The molecule has 106 valence electrons. The summed E-state index contributed by atoms with van der Waals surface area (Å²) in [7, 11) is 0. The minimum absolute atomic E-state index is 0.192. The van der Waals surface area contributed by atoms with Gasteiger partial charge in [0.1, 0.15) is 5.82 Å². The average Bonchev–Trinajstić information content (AvgIpc) is 3.19. The third kappa shape index (κ3) is 3.40. The molecule has 0 saturated carbocycles. The number of thiophene rings is 1. The largest absolute Gasteiger partial charge is 0.342 e. The van der Waals surface area contributed by atoms with Gasteiger partial charge in [-0.2, -0.15) is 0 Å². The summed E-state index contributed by atoms with van der Waals surface area (Å²) in [5, 5.41) is 9.80. The van der Waals surface area contributed by atoms with Gasteiger partial charge in [-0.1, -0.05) is 17.8 Å². The van der Waals surface area contributed by atoms with Crippen molar-refractivity contribution in [2.45, 2.75) is 24.4 Å². The first-order chi connectivity index (χ1) is 9.81. The van der Waals surface area contributed by atoms with Gasteiger partial charge in [0.15, 0.2) is 0 Å². The molecule has 1 fully saturated rings. The fraction of sp³-hybridized carbons (Fsp3) is 0.462. The van der Waals surface area contributed by atoms with Crippen molar-refractivity contribution in [1.29, 1.82) is 0 Å². The minimum Gasteiger partial charge on any atom is -0.342 e. The molecule has 3 rings (SSSR count). The van der Waals surface area contributed by atoms with Crippen molar-refractivity contribution in [1.82, 2.24) is 20.1 Å². The number of thioether (sulfide) groups is 1. The molecule has 1 N–H and O–H groups in total. The van der Waals surface area contributed by atoms with E-state index in [0.29, 0.717) is 10.9 Å². The third-order valence-corrected chi connectivity index (χ3v) is 4.92. The van der Waals surface area contributed by atoms with E-state index < -0.39 is 0 Å². The lowest BCUT2D eigenvalue weighted by Crippen LogP contribution is -2.29. The third-order valence-electron chi connectivity index (χ3n) is 3.22. The topological polar surface area (TPSA) is 61.9 Å². The van der Waals surface area contributed by atoms with Gasteiger partial charge in [-0.05, 0) is 24.3 Å². The molecule has 3 heterocycles. The molecular formula is C13H16N4OS2. The van der Waals surface area contributed by atoms with Crippen LogP contribution in [0.4, 0.5) is 0 Å². The highest BCUT2D eigenvalue weighted by Gasteiger charge is 2.18. The first-order valence-corrected chi connectivity index (χ1v) is 8.52. The predicted molar refractivity (Wildman–Crippen MR) is 80.0 cm³/mol. The number of aromatic nitrogens is 3. The standard InChI is InChI=1S/C13H16N4OS2/c18-12(17-5-1-2-6-17)9-20-13-14-11(15-16-13)8-10-4-3-7-19-10/h3-4,7H,1-2,5-6,8-9H2,(H,14,15,16). The molecule has 20 heavy (non-hydrogen) atoms. The monoisotopic (exact) mass is 308 g/mol. The van der Waals surface area contributed by atoms with E-state index in [1.165, 1.54) is 16.6 Å². The second kappa shape index (κ2) is 6.41. The summed E-state index contributed by atoms with van der Waals surface area (Å²) < 4.78 is 0. The van der Waals surface area contributed by atoms with Gasteiger partial charge in [0.05, 0.1) is 5.75 Å². The quantitative estimate of drug-likeness (QED) is 0.860. The van der Waals surface area contributed by atoms with Gasteiger partial charge in [0.2, 0.25) is 11.1 Å². The van der Waals surface area contributed by atoms with Crippen LogP contribution in [0.2, 0.25) is 0 Å². The lowest BCUT2D eigenvalue weighted by molar-refractivity contribution is -0.127. The van der Waals surface area contributed by atoms with E-state index in [9.17, 15) is 4.79 Å². The lowest BCUT2D eigenvalue weighted by Gasteiger charge is -2.13. The summed E-state index contributed by atoms with van der Waals surface area (Å²) in [5.41, 5.74) is 0. The number of rotatable bonds is 5. The van der Waals surface area contributed by atoms with E-state index in [4.69, 9.17) is 0 Å². The van der Waals surface area contributed by atoms with E-state index >= 15 is 0 Å². The molecule has 7 heteroatoms. The van der Waals surface area contributed by atoms with E-state index in [2.05, 4.69) is 26.6 Å². The van der Waals surface area contributed by atoms with Crippen LogP contribution in [0.5, 0.6) is 0 Å². The fourth-order valence-electron chi connectivity index (χ4n) is 2.18. The Bertz CT molecular complexity index is 561. The second-order valence-corrected chi connectivity index (χ2v) is 6.67. The molecule has 0 spiro atoms. The summed E-state index contributed by atoms with van der Waals surface area (Å²) in [6.45, 7) is 1.80. The zero-order valence-corrected chi connectivity index (χ0v) is 12.7. The summed E-state index contributed by atoms with van der Waals surface area (Å²) in [6.07, 6.45) is 3.02. The Hall–Kier alpha value is -1.34. The summed E-state index contributed by atoms with van der Waals surface area (Å²) in [6, 6.07) is 4.11. The number of hydrogen-bond donors (Lipinski definition) is 1. The highest BCUT2D eigenvalue weighted by Crippen LogP contribution is 2.17. The van der Waals surface area contributed by atoms with Crippen LogP contribution in [0.1, 0.15) is 23.5 Å². The Morgan fingerprint density at radius 2 is 2.30 bits per heavy atom. The number of nitrogens with one attached hydrogen (secondary N) is 1. The van der Waals surface area contributed by atoms with Crippen LogP contribution in [-0.2, 0) is 11.2 Å². The van der Waals surface area contributed by atoms with E-state index in [1.807, 2.05) is 11.0 Å². The van der Waals surface area contributed by atoms with Crippen LogP contribution in [-0.4, -0.2) is 44.8 Å². The van der Waals surface area contributed by atoms with Crippen molar-refractivity contribution in [3.8, 4) is 0 Å². The van der Waals surface area contributed by atoms with E-state index in [-0.39, 0.29) is 5.91 Å². The molecule has 0 bridgehead atoms. The Morgan fingerprint density at radius 1 is 1.45 bits per heavy atom. The van der Waals surface area contributed by atoms with Crippen LogP contribution < -0.4 is 0 Å². The van der Waals surface area contributed by atoms with Crippen molar-refractivity contribution in [2.75, 3.05) is 18.8 Å². The molecule has 5 nitrogen and oxygen atoms in total. The molecule has 2 aromatic heterocycles. The van der Waals surface area contributed by atoms with Crippen LogP contribution in [0.3, 0.4) is 0 Å². The molecule has 0 aliphatic carbocycles. The minimum atomic E-state index is 0.192. The molecular weight excluding hydrogens is 292 g/mol. The van der Waals surface area contributed by atoms with Crippen molar-refractivity contribution < 1.29 is 4.79 Å². The number of nitrogens with zero attached hydrogens (tertiary/aromatic N) is 3. The summed E-state index contributed by atoms with van der Waals surface area (Å²) >= 11 is 3.11. The van der Waals surface area contributed by atoms with Crippen LogP contribution in [0.15, 0.2) is 22.7 Å². The van der Waals surface area contributed by atoms with Gasteiger partial charge in [-0.15, -0.1) is 16.4 Å². The van der Waals surface area contributed by atoms with Gasteiger partial charge in [-0.25, -0.2) is 4.98 Å². The molecule has 0 aromatic carbocycles. The van der Waals surface area contributed by atoms with Crippen molar-refractivity contribution >= 4 is 29.0 Å². The van der Waals surface area contributed by atoms with Crippen LogP contribution >= 0.6 is 23.1 Å². The van der Waals surface area contributed by atoms with Crippen molar-refractivity contribution in [3.63, 3.8) is 0 Å². The maximum Gasteiger partial charge on any atom is 0.233 e. The zero-order chi connectivity index (χ0) is 13.8. The Kier molecular flexibility index (Phi) is 4.37. The number of hydrogen-bond acceptors (Lipinski definition) is 5. The van der Waals surface area contributed by atoms with Gasteiger partial charge < -0.3 is 4.90 Å². The highest BCUT2D eigenvalue weighted by molar-refractivity contribution is 7.99. The fourth-order valence-corrected chi connectivity index (χ4v) is 3.61. The van der Waals surface area contributed by atoms with E-state index in [0.717, 1.165) is 38.2 Å². The van der Waals surface area contributed by atoms with Crippen molar-refractivity contribution in [2.24, 2.45) is 0 Å². The number of likely N-dealkylation sites (tertiary alicyclic amines) is 1. The normalized spacial score (nSPS) is 14.9. The molecule has 0 atom stereocenters. The maximum atomic E-state index is 11.9. The SMILES string of the molecule is O=C(CSc1n[nH]c(Cc2cccs2)n1)N1CCCC1. The molecule has 1 amide bonds. The van der Waals surface area contributed by atoms with Gasteiger partial charge >= 0.3 is 0 Å². The predicted octanol–water partition coefficient (Wildman–Crippen LogP) is 2.17. The number of amides is 1. The number of carbonyl (C=O) groups is 1. The molecule has 1 aliphatic rings. The molecule has 0 unspecified atom stereocenters. The zero-order valence-electron chi connectivity index (χ0n) is 11.0. The average molecular weight is 308 g/mol. The Morgan fingerprint density at radius 3 is 3.05 bits per heavy atom. The maximum absolute atomic E-state index is 11.9. The first-order valence-electron chi connectivity index (χ1n) is 6.65. The first kappa shape index (κ1) is 13.6. The second-order valence-electron chi connectivity index (χ2n) is 4.70. The Balaban J connectivity index is 1.50. The molecule has 2 aromatic rings. The van der Waals surface area contributed by atoms with Gasteiger partial charge in [0.25, 0.3) is 0 Å². The summed E-state index contributed by atoms with van der Waals surface area (Å²) in [4.78, 5) is 19.5. The Labute approximate surface area is 125 Å². The van der Waals surface area contributed by atoms with Gasteiger partial charge in [0, 0.05) is 24.4 Å². The smallest absolute Gasteiger partial charge is 0.233 e. The lowest BCUT2D eigenvalue weighted by atomic mass is 10.3. The number of aromatic amines is 1. The van der Waals surface area contributed by atoms with E-state index in [1.54, 1.807) is 11.3 Å².